The third kappa shape index (κ3) is 6.32. The van der Waals surface area contributed by atoms with Crippen molar-refractivity contribution < 1.29 is 0 Å². The summed E-state index contributed by atoms with van der Waals surface area (Å²) in [6.45, 7) is 9.64. The molecular weight excluding hydrogens is 855 g/mol. The number of fused-ring (bicyclic) bond motifs is 12. The van der Waals surface area contributed by atoms with Gasteiger partial charge in [0.25, 0.3) is 0 Å². The summed E-state index contributed by atoms with van der Waals surface area (Å²) >= 11 is 0. The number of anilines is 3. The first kappa shape index (κ1) is 41.5. The minimum absolute atomic E-state index is 0.234. The van der Waals surface area contributed by atoms with Crippen molar-refractivity contribution in [3.8, 4) is 55.6 Å². The second-order valence-electron chi connectivity index (χ2n) is 20.9. The number of nitrogens with zero attached hydrogens (tertiary/aromatic N) is 1. The van der Waals surface area contributed by atoms with Crippen molar-refractivity contribution in [1.82, 2.24) is 0 Å². The Labute approximate surface area is 415 Å². The monoisotopic (exact) mass is 905 g/mol. The van der Waals surface area contributed by atoms with Crippen LogP contribution in [0.4, 0.5) is 17.1 Å². The maximum absolute atomic E-state index is 2.48. The maximum atomic E-state index is 2.48. The van der Waals surface area contributed by atoms with E-state index in [2.05, 4.69) is 269 Å². The Morgan fingerprint density at radius 3 is 1.04 bits per heavy atom. The van der Waals surface area contributed by atoms with Crippen LogP contribution in [-0.4, -0.2) is 0 Å². The predicted octanol–water partition coefficient (Wildman–Crippen LogP) is 19.4. The van der Waals surface area contributed by atoms with Gasteiger partial charge in [-0.2, -0.15) is 0 Å². The fraction of sp³-hybridized carbons (Fsp3) is 0.0857. The first-order valence-corrected chi connectivity index (χ1v) is 25.1. The van der Waals surface area contributed by atoms with Crippen LogP contribution in [-0.2, 0) is 10.8 Å². The highest BCUT2D eigenvalue weighted by Crippen LogP contribution is 2.55. The van der Waals surface area contributed by atoms with E-state index in [-0.39, 0.29) is 10.8 Å². The van der Waals surface area contributed by atoms with Crippen molar-refractivity contribution in [1.29, 1.82) is 0 Å². The molecule has 0 atom stereocenters. The molecule has 14 rings (SSSR count). The minimum atomic E-state index is -0.234. The van der Waals surface area contributed by atoms with E-state index in [1.165, 1.54) is 121 Å². The largest absolute Gasteiger partial charge is 0.310 e. The van der Waals surface area contributed by atoms with E-state index < -0.39 is 0 Å². The molecule has 0 unspecified atom stereocenters. The average Bonchev–Trinajstić information content (AvgIpc) is 3.79. The lowest BCUT2D eigenvalue weighted by Gasteiger charge is -2.30. The zero-order valence-corrected chi connectivity index (χ0v) is 40.5. The molecule has 0 saturated heterocycles. The summed E-state index contributed by atoms with van der Waals surface area (Å²) in [5.74, 6) is 0. The van der Waals surface area contributed by atoms with Crippen LogP contribution in [0, 0.1) is 0 Å². The maximum Gasteiger partial charge on any atom is 0.0465 e. The van der Waals surface area contributed by atoms with Gasteiger partial charge in [-0.15, -0.1) is 0 Å². The zero-order chi connectivity index (χ0) is 47.6. The van der Waals surface area contributed by atoms with Crippen molar-refractivity contribution >= 4 is 60.2 Å². The molecule has 0 N–H and O–H groups in total. The third-order valence-electron chi connectivity index (χ3n) is 16.2. The smallest absolute Gasteiger partial charge is 0.0465 e. The van der Waals surface area contributed by atoms with Crippen molar-refractivity contribution in [3.05, 3.63) is 259 Å². The Bertz CT molecular complexity index is 3920. The Morgan fingerprint density at radius 2 is 0.577 bits per heavy atom. The van der Waals surface area contributed by atoms with Crippen LogP contribution in [0.5, 0.6) is 0 Å². The first-order valence-electron chi connectivity index (χ1n) is 25.1. The molecule has 0 fully saturated rings. The van der Waals surface area contributed by atoms with Gasteiger partial charge in [-0.05, 0) is 182 Å². The lowest BCUT2D eigenvalue weighted by molar-refractivity contribution is 0.660. The molecule has 0 amide bonds. The quantitative estimate of drug-likeness (QED) is 0.150. The van der Waals surface area contributed by atoms with E-state index in [4.69, 9.17) is 0 Å². The highest BCUT2D eigenvalue weighted by Gasteiger charge is 2.38. The molecule has 0 heterocycles. The van der Waals surface area contributed by atoms with Crippen LogP contribution in [0.25, 0.3) is 98.7 Å². The normalized spacial score (nSPS) is 13.9. The third-order valence-corrected chi connectivity index (χ3v) is 16.2. The number of rotatable bonds is 6. The predicted molar refractivity (Wildman–Crippen MR) is 303 cm³/mol. The van der Waals surface area contributed by atoms with Crippen molar-refractivity contribution in [2.75, 3.05) is 4.90 Å². The van der Waals surface area contributed by atoms with Crippen LogP contribution in [0.3, 0.4) is 0 Å². The summed E-state index contributed by atoms with van der Waals surface area (Å²) < 4.78 is 0. The van der Waals surface area contributed by atoms with Gasteiger partial charge in [-0.1, -0.05) is 204 Å². The van der Waals surface area contributed by atoms with Gasteiger partial charge in [0, 0.05) is 27.9 Å². The number of hydrogen-bond acceptors (Lipinski definition) is 1. The van der Waals surface area contributed by atoms with Crippen molar-refractivity contribution in [2.24, 2.45) is 0 Å². The summed E-state index contributed by atoms with van der Waals surface area (Å²) in [6.07, 6.45) is 0. The minimum Gasteiger partial charge on any atom is -0.310 e. The molecule has 336 valence electrons. The topological polar surface area (TPSA) is 3.24 Å². The van der Waals surface area contributed by atoms with Crippen LogP contribution in [0.2, 0.25) is 0 Å². The van der Waals surface area contributed by atoms with Crippen LogP contribution in [0.15, 0.2) is 237 Å². The zero-order valence-electron chi connectivity index (χ0n) is 40.5. The molecule has 1 heteroatoms. The van der Waals surface area contributed by atoms with E-state index in [1.807, 2.05) is 0 Å². The van der Waals surface area contributed by atoms with E-state index in [9.17, 15) is 0 Å². The van der Waals surface area contributed by atoms with Gasteiger partial charge in [0.1, 0.15) is 0 Å². The Kier molecular flexibility index (Phi) is 9.05. The Balaban J connectivity index is 0.878. The SMILES string of the molecule is CC1(C)c2cc(-c3cc4ccccc4c4ccccc34)ccc2-c2ccc(N(c3ccc(-c4ccccc4)cc3)c3ccc4c(c3)C(C)(C)c3cc(-c5cc6ccccc6c6ccccc56)ccc3-4)cc21. The molecule has 12 aromatic carbocycles. The summed E-state index contributed by atoms with van der Waals surface area (Å²) in [6, 6.07) is 88.6. The van der Waals surface area contributed by atoms with E-state index >= 15 is 0 Å². The summed E-state index contributed by atoms with van der Waals surface area (Å²) in [4.78, 5) is 2.48. The summed E-state index contributed by atoms with van der Waals surface area (Å²) in [7, 11) is 0. The number of benzene rings is 12. The highest BCUT2D eigenvalue weighted by molar-refractivity contribution is 6.15. The van der Waals surface area contributed by atoms with Gasteiger partial charge in [0.2, 0.25) is 0 Å². The Morgan fingerprint density at radius 1 is 0.239 bits per heavy atom. The molecule has 0 spiro atoms. The summed E-state index contributed by atoms with van der Waals surface area (Å²) in [5.41, 5.74) is 21.1. The molecule has 71 heavy (non-hydrogen) atoms. The Hall–Kier alpha value is -8.52. The van der Waals surface area contributed by atoms with E-state index in [0.717, 1.165) is 17.1 Å². The number of hydrogen-bond donors (Lipinski definition) is 0. The molecule has 2 aliphatic rings. The molecular formula is C70H51N. The molecule has 1 nitrogen and oxygen atoms in total. The summed E-state index contributed by atoms with van der Waals surface area (Å²) in [5, 5.41) is 10.3. The lowest BCUT2D eigenvalue weighted by atomic mass is 9.80. The standard InChI is InChI=1S/C70H51N/c1-69(2)65-40-48(63-38-46-18-8-10-20-53(46)55-22-12-14-24-57(55)63)28-34-59(65)61-36-32-51(42-67(61)69)71(50-30-26-45(27-31-50)44-16-6-5-7-17-44)52-33-37-62-60-35-29-49(41-66(60)70(3,4)68(62)43-52)64-39-47-19-9-11-21-54(47)56-23-13-15-25-58(56)64/h5-43H,1-4H3. The van der Waals surface area contributed by atoms with Gasteiger partial charge >= 0.3 is 0 Å². The lowest BCUT2D eigenvalue weighted by Crippen LogP contribution is -2.18. The average molecular weight is 906 g/mol. The molecule has 0 aromatic heterocycles. The van der Waals surface area contributed by atoms with Gasteiger partial charge in [-0.3, -0.25) is 0 Å². The molecule has 0 saturated carbocycles. The molecule has 0 radical (unpaired) electrons. The second-order valence-corrected chi connectivity index (χ2v) is 20.9. The van der Waals surface area contributed by atoms with Gasteiger partial charge in [-0.25, -0.2) is 0 Å². The highest BCUT2D eigenvalue weighted by atomic mass is 15.1. The fourth-order valence-corrected chi connectivity index (χ4v) is 12.5. The van der Waals surface area contributed by atoms with Crippen LogP contribution < -0.4 is 4.90 Å². The van der Waals surface area contributed by atoms with E-state index in [1.54, 1.807) is 0 Å². The first-order chi connectivity index (χ1) is 34.7. The molecule has 2 aliphatic carbocycles. The van der Waals surface area contributed by atoms with Crippen molar-refractivity contribution in [2.45, 2.75) is 38.5 Å². The van der Waals surface area contributed by atoms with Crippen LogP contribution >= 0.6 is 0 Å². The van der Waals surface area contributed by atoms with Gasteiger partial charge in [0.15, 0.2) is 0 Å². The molecule has 0 aliphatic heterocycles. The van der Waals surface area contributed by atoms with Gasteiger partial charge in [0.05, 0.1) is 0 Å². The fourth-order valence-electron chi connectivity index (χ4n) is 12.5. The van der Waals surface area contributed by atoms with E-state index in [0.29, 0.717) is 0 Å². The van der Waals surface area contributed by atoms with Gasteiger partial charge < -0.3 is 4.90 Å². The molecule has 0 bridgehead atoms. The second kappa shape index (κ2) is 15.5. The van der Waals surface area contributed by atoms with Crippen LogP contribution in [0.1, 0.15) is 49.9 Å². The van der Waals surface area contributed by atoms with Crippen molar-refractivity contribution in [3.63, 3.8) is 0 Å². The molecule has 12 aromatic rings.